The van der Waals surface area contributed by atoms with Crippen LogP contribution in [0.2, 0.25) is 0 Å². The van der Waals surface area contributed by atoms with E-state index in [-0.39, 0.29) is 42.2 Å². The number of rotatable bonds is 4. The fourth-order valence-corrected chi connectivity index (χ4v) is 4.10. The second-order valence-electron chi connectivity index (χ2n) is 7.32. The Labute approximate surface area is 152 Å². The molecule has 7 heteroatoms. The molecular weight excluding hydrogens is 337 g/mol. The van der Waals surface area contributed by atoms with Crippen molar-refractivity contribution < 1.29 is 9.53 Å². The summed E-state index contributed by atoms with van der Waals surface area (Å²) in [6.45, 7) is 4.50. The molecule has 3 aliphatic rings. The predicted molar refractivity (Wildman–Crippen MR) is 96.6 cm³/mol. The molecule has 0 aromatic heterocycles. The number of halogens is 2. The van der Waals surface area contributed by atoms with E-state index in [0.717, 1.165) is 65.0 Å². The Morgan fingerprint density at radius 3 is 2.35 bits per heavy atom. The Morgan fingerprint density at radius 1 is 1.17 bits per heavy atom. The number of ether oxygens (including phenoxy) is 1. The lowest BCUT2D eigenvalue weighted by atomic mass is 9.88. The van der Waals surface area contributed by atoms with Gasteiger partial charge in [0.25, 0.3) is 0 Å². The summed E-state index contributed by atoms with van der Waals surface area (Å²) in [5.41, 5.74) is 0.403. The van der Waals surface area contributed by atoms with E-state index in [1.54, 1.807) is 0 Å². The van der Waals surface area contributed by atoms with Gasteiger partial charge in [-0.15, -0.1) is 24.8 Å². The Bertz CT molecular complexity index is 395. The van der Waals surface area contributed by atoms with E-state index in [0.29, 0.717) is 5.41 Å². The molecule has 3 rings (SSSR count). The van der Waals surface area contributed by atoms with Crippen LogP contribution in [0.1, 0.15) is 32.1 Å². The van der Waals surface area contributed by atoms with Gasteiger partial charge in [0.05, 0.1) is 0 Å². The van der Waals surface area contributed by atoms with Crippen LogP contribution in [0.15, 0.2) is 0 Å². The van der Waals surface area contributed by atoms with Gasteiger partial charge in [-0.2, -0.15) is 0 Å². The van der Waals surface area contributed by atoms with Crippen molar-refractivity contribution in [2.75, 3.05) is 46.9 Å². The summed E-state index contributed by atoms with van der Waals surface area (Å²) < 4.78 is 5.49. The molecule has 2 N–H and O–H groups in total. The second kappa shape index (κ2) is 8.34. The molecule has 2 heterocycles. The minimum absolute atomic E-state index is 0. The van der Waals surface area contributed by atoms with Gasteiger partial charge in [0.1, 0.15) is 0 Å². The first-order chi connectivity index (χ1) is 10.1. The van der Waals surface area contributed by atoms with E-state index in [9.17, 15) is 4.79 Å². The normalized spacial score (nSPS) is 27.7. The van der Waals surface area contributed by atoms with E-state index >= 15 is 0 Å². The number of likely N-dealkylation sites (N-methyl/N-ethyl adjacent to an activating group) is 1. The summed E-state index contributed by atoms with van der Waals surface area (Å²) in [4.78, 5) is 14.8. The van der Waals surface area contributed by atoms with Crippen LogP contribution < -0.4 is 10.6 Å². The second-order valence-corrected chi connectivity index (χ2v) is 7.32. The molecule has 5 nitrogen and oxygen atoms in total. The zero-order valence-corrected chi connectivity index (χ0v) is 15.9. The molecular formula is C16H31Cl2N3O2. The number of hydrogen-bond acceptors (Lipinski definition) is 4. The van der Waals surface area contributed by atoms with E-state index in [1.165, 1.54) is 0 Å². The fraction of sp³-hybridized carbons (Fsp3) is 0.938. The van der Waals surface area contributed by atoms with Crippen molar-refractivity contribution in [1.82, 2.24) is 15.5 Å². The van der Waals surface area contributed by atoms with Gasteiger partial charge in [-0.3, -0.25) is 4.79 Å². The van der Waals surface area contributed by atoms with Crippen molar-refractivity contribution in [2.45, 2.75) is 37.6 Å². The molecule has 2 aliphatic heterocycles. The number of hydrogen-bond donors (Lipinski definition) is 2. The molecule has 1 aliphatic carbocycles. The largest absolute Gasteiger partial charge is 0.381 e. The number of piperidine rings is 1. The van der Waals surface area contributed by atoms with Crippen LogP contribution in [-0.4, -0.2) is 63.3 Å². The third-order valence-corrected chi connectivity index (χ3v) is 6.07. The molecule has 2 saturated heterocycles. The van der Waals surface area contributed by atoms with Gasteiger partial charge >= 0.3 is 0 Å². The van der Waals surface area contributed by atoms with Gasteiger partial charge < -0.3 is 20.3 Å². The van der Waals surface area contributed by atoms with Gasteiger partial charge in [-0.1, -0.05) is 0 Å². The van der Waals surface area contributed by atoms with Crippen LogP contribution in [0, 0.1) is 11.3 Å². The highest BCUT2D eigenvalue weighted by Gasteiger charge is 2.57. The van der Waals surface area contributed by atoms with E-state index in [1.807, 2.05) is 0 Å². The average Bonchev–Trinajstić information content (AvgIpc) is 3.19. The number of carbonyl (C=O) groups is 1. The Kier molecular flexibility index (Phi) is 7.61. The van der Waals surface area contributed by atoms with Gasteiger partial charge in [-0.05, 0) is 64.7 Å². The molecule has 0 aromatic rings. The maximum atomic E-state index is 12.5. The number of nitrogens with one attached hydrogen (secondary N) is 2. The van der Waals surface area contributed by atoms with Crippen molar-refractivity contribution >= 4 is 30.7 Å². The van der Waals surface area contributed by atoms with Crippen molar-refractivity contribution in [1.29, 1.82) is 0 Å². The van der Waals surface area contributed by atoms with Crippen molar-refractivity contribution in [2.24, 2.45) is 11.3 Å². The predicted octanol–water partition coefficient (Wildman–Crippen LogP) is 1.45. The lowest BCUT2D eigenvalue weighted by Crippen LogP contribution is -2.56. The van der Waals surface area contributed by atoms with Crippen molar-refractivity contribution in [3.8, 4) is 0 Å². The number of amides is 1. The summed E-state index contributed by atoms with van der Waals surface area (Å²) in [6, 6.07) is 0. The van der Waals surface area contributed by atoms with Crippen LogP contribution in [0.3, 0.4) is 0 Å². The highest BCUT2D eigenvalue weighted by Crippen LogP contribution is 2.58. The smallest absolute Gasteiger partial charge is 0.223 e. The maximum Gasteiger partial charge on any atom is 0.223 e. The van der Waals surface area contributed by atoms with E-state index in [2.05, 4.69) is 29.6 Å². The van der Waals surface area contributed by atoms with Crippen molar-refractivity contribution in [3.63, 3.8) is 0 Å². The molecule has 1 atom stereocenters. The minimum atomic E-state index is 0. The van der Waals surface area contributed by atoms with Crippen LogP contribution >= 0.6 is 24.8 Å². The highest BCUT2D eigenvalue weighted by molar-refractivity contribution is 5.85. The first-order valence-electron chi connectivity index (χ1n) is 8.32. The summed E-state index contributed by atoms with van der Waals surface area (Å²) >= 11 is 0. The maximum absolute atomic E-state index is 12.5. The average molecular weight is 368 g/mol. The summed E-state index contributed by atoms with van der Waals surface area (Å²) in [7, 11) is 4.23. The molecule has 0 bridgehead atoms. The van der Waals surface area contributed by atoms with E-state index < -0.39 is 0 Å². The van der Waals surface area contributed by atoms with Crippen LogP contribution in [0.25, 0.3) is 0 Å². The van der Waals surface area contributed by atoms with Gasteiger partial charge in [0.2, 0.25) is 5.91 Å². The molecule has 0 aromatic carbocycles. The van der Waals surface area contributed by atoms with E-state index in [4.69, 9.17) is 4.74 Å². The lowest BCUT2D eigenvalue weighted by molar-refractivity contribution is -0.124. The molecule has 1 amide bonds. The van der Waals surface area contributed by atoms with Crippen LogP contribution in [-0.2, 0) is 9.53 Å². The first-order valence-corrected chi connectivity index (χ1v) is 8.32. The molecule has 136 valence electrons. The zero-order chi connectivity index (χ0) is 14.9. The topological polar surface area (TPSA) is 53.6 Å². The summed E-state index contributed by atoms with van der Waals surface area (Å²) in [5, 5.41) is 6.64. The molecule has 0 radical (unpaired) electrons. The molecule has 23 heavy (non-hydrogen) atoms. The Hall–Kier alpha value is -0.0700. The molecule has 1 spiro atoms. The lowest BCUT2D eigenvalue weighted by Gasteiger charge is -2.43. The standard InChI is InChI=1S/C16H29N3O2.2ClH/c1-19(2)16(5-9-21-10-6-16)12-18-14(20)13-11-15(13)3-7-17-8-4-15;;/h13,17H,3-12H2,1-2H3,(H,18,20);2*1H. The Balaban J connectivity index is 0.00000132. The summed E-state index contributed by atoms with van der Waals surface area (Å²) in [6.07, 6.45) is 5.42. The summed E-state index contributed by atoms with van der Waals surface area (Å²) in [5.74, 6) is 0.545. The quantitative estimate of drug-likeness (QED) is 0.789. The fourth-order valence-electron chi connectivity index (χ4n) is 4.10. The molecule has 3 fully saturated rings. The SMILES string of the molecule is CN(C)C1(CNC(=O)C2CC23CCNCC3)CCOCC1.Cl.Cl. The third kappa shape index (κ3) is 4.31. The van der Waals surface area contributed by atoms with Gasteiger partial charge in [-0.25, -0.2) is 0 Å². The molecule has 1 saturated carbocycles. The molecule has 1 unspecified atom stereocenters. The first kappa shape index (κ1) is 21.0. The van der Waals surface area contributed by atoms with Gasteiger partial charge in [0, 0.05) is 31.2 Å². The minimum Gasteiger partial charge on any atom is -0.381 e. The number of carbonyl (C=O) groups excluding carboxylic acids is 1. The third-order valence-electron chi connectivity index (χ3n) is 6.07. The monoisotopic (exact) mass is 367 g/mol. The zero-order valence-electron chi connectivity index (χ0n) is 14.2. The Morgan fingerprint density at radius 2 is 1.78 bits per heavy atom. The van der Waals surface area contributed by atoms with Crippen LogP contribution in [0.5, 0.6) is 0 Å². The highest BCUT2D eigenvalue weighted by atomic mass is 35.5. The number of nitrogens with zero attached hydrogens (tertiary/aromatic N) is 1. The van der Waals surface area contributed by atoms with Crippen LogP contribution in [0.4, 0.5) is 0 Å². The van der Waals surface area contributed by atoms with Gasteiger partial charge in [0.15, 0.2) is 0 Å². The van der Waals surface area contributed by atoms with Crippen molar-refractivity contribution in [3.05, 3.63) is 0 Å².